The number of nitrogens with zero attached hydrogens (tertiary/aromatic N) is 2. The second-order valence-corrected chi connectivity index (χ2v) is 4.33. The molecule has 0 fully saturated rings. The summed E-state index contributed by atoms with van der Waals surface area (Å²) in [5, 5.41) is 14.0. The van der Waals surface area contributed by atoms with Gasteiger partial charge in [-0.2, -0.15) is 0 Å². The fourth-order valence-electron chi connectivity index (χ4n) is 2.15. The van der Waals surface area contributed by atoms with E-state index < -0.39 is 24.3 Å². The van der Waals surface area contributed by atoms with Gasteiger partial charge in [-0.25, -0.2) is 18.7 Å². The van der Waals surface area contributed by atoms with Crippen LogP contribution >= 0.6 is 0 Å². The van der Waals surface area contributed by atoms with Crippen LogP contribution in [0.3, 0.4) is 0 Å². The number of hydrogen-bond donors (Lipinski definition) is 3. The van der Waals surface area contributed by atoms with Crippen molar-refractivity contribution in [2.75, 3.05) is 12.0 Å². The molecule has 1 amide bonds. The summed E-state index contributed by atoms with van der Waals surface area (Å²) >= 11 is 0. The first-order valence-corrected chi connectivity index (χ1v) is 6.10. The molecule has 1 aromatic carbocycles. The summed E-state index contributed by atoms with van der Waals surface area (Å²) in [5.74, 6) is -2.15. The number of amides is 1. The molecule has 3 rings (SSSR count). The molecule has 108 valence electrons. The minimum Gasteiger partial charge on any atom is -0.377 e. The highest BCUT2D eigenvalue weighted by Gasteiger charge is 2.27. The third-order valence-corrected chi connectivity index (χ3v) is 3.06. The maximum atomic E-state index is 13.8. The summed E-state index contributed by atoms with van der Waals surface area (Å²) in [7, 11) is 0. The van der Waals surface area contributed by atoms with Crippen LogP contribution in [0.4, 0.5) is 14.6 Å². The van der Waals surface area contributed by atoms with Gasteiger partial charge in [0.2, 0.25) is 0 Å². The van der Waals surface area contributed by atoms with E-state index in [0.717, 1.165) is 12.1 Å². The molecule has 21 heavy (non-hydrogen) atoms. The topological polar surface area (TPSA) is 87.1 Å². The normalized spacial score (nSPS) is 13.0. The van der Waals surface area contributed by atoms with Gasteiger partial charge in [0.15, 0.2) is 5.82 Å². The van der Waals surface area contributed by atoms with E-state index in [4.69, 9.17) is 5.11 Å². The quantitative estimate of drug-likeness (QED) is 0.735. The van der Waals surface area contributed by atoms with Crippen molar-refractivity contribution in [2.45, 2.75) is 6.54 Å². The van der Waals surface area contributed by atoms with Crippen LogP contribution in [0.1, 0.15) is 16.1 Å². The highest BCUT2D eigenvalue weighted by molar-refractivity contribution is 6.02. The van der Waals surface area contributed by atoms with E-state index in [2.05, 4.69) is 20.6 Å². The highest BCUT2D eigenvalue weighted by Crippen LogP contribution is 2.28. The fraction of sp³-hybridized carbons (Fsp3) is 0.154. The van der Waals surface area contributed by atoms with Crippen LogP contribution < -0.4 is 10.6 Å². The van der Waals surface area contributed by atoms with E-state index in [0.29, 0.717) is 5.69 Å². The second-order valence-electron chi connectivity index (χ2n) is 4.33. The molecule has 1 aliphatic heterocycles. The van der Waals surface area contributed by atoms with Gasteiger partial charge in [-0.15, -0.1) is 0 Å². The minimum absolute atomic E-state index is 0.0372. The third-order valence-electron chi connectivity index (χ3n) is 3.06. The number of halogens is 2. The first kappa shape index (κ1) is 13.4. The van der Waals surface area contributed by atoms with Crippen LogP contribution in [0.5, 0.6) is 0 Å². The highest BCUT2D eigenvalue weighted by atomic mass is 19.1. The number of fused-ring (bicyclic) bond motifs is 1. The van der Waals surface area contributed by atoms with Crippen molar-refractivity contribution in [1.29, 1.82) is 0 Å². The molecule has 2 aromatic rings. The Balaban J connectivity index is 2.21. The molecule has 0 spiro atoms. The summed E-state index contributed by atoms with van der Waals surface area (Å²) in [5.41, 5.74) is 0.119. The van der Waals surface area contributed by atoms with Gasteiger partial charge in [0.05, 0.1) is 17.8 Å². The van der Waals surface area contributed by atoms with Crippen LogP contribution in [0.15, 0.2) is 18.2 Å². The molecule has 0 aliphatic carbocycles. The monoisotopic (exact) mass is 292 g/mol. The number of nitrogens with one attached hydrogen (secondary N) is 2. The van der Waals surface area contributed by atoms with Gasteiger partial charge in [-0.1, -0.05) is 6.07 Å². The zero-order valence-corrected chi connectivity index (χ0v) is 10.7. The van der Waals surface area contributed by atoms with Crippen molar-refractivity contribution in [3.05, 3.63) is 41.1 Å². The fourth-order valence-corrected chi connectivity index (χ4v) is 2.15. The predicted molar refractivity (Wildman–Crippen MR) is 69.3 cm³/mol. The number of carbonyl (C=O) groups excluding carboxylic acids is 1. The van der Waals surface area contributed by atoms with Gasteiger partial charge >= 0.3 is 0 Å². The standard InChI is InChI=1S/C13H10F2N4O2/c14-6-2-1-3-7(15)9(6)12-18-8-4-16-13(21)10(8)11(19-12)17-5-20/h1-3,20H,4-5H2,(H,16,21)(H,17,18,19). The molecule has 1 aliphatic rings. The zero-order valence-electron chi connectivity index (χ0n) is 10.7. The van der Waals surface area contributed by atoms with Crippen LogP contribution in [0, 0.1) is 11.6 Å². The van der Waals surface area contributed by atoms with E-state index in [1.54, 1.807) is 0 Å². The number of carbonyl (C=O) groups is 1. The van der Waals surface area contributed by atoms with Crippen molar-refractivity contribution in [3.63, 3.8) is 0 Å². The number of hydrogen-bond acceptors (Lipinski definition) is 5. The van der Waals surface area contributed by atoms with Gasteiger partial charge in [-0.3, -0.25) is 4.79 Å². The average Bonchev–Trinajstić information content (AvgIpc) is 2.81. The van der Waals surface area contributed by atoms with Crippen molar-refractivity contribution in [3.8, 4) is 11.4 Å². The van der Waals surface area contributed by atoms with Crippen molar-refractivity contribution in [2.24, 2.45) is 0 Å². The van der Waals surface area contributed by atoms with E-state index in [1.807, 2.05) is 0 Å². The molecule has 8 heteroatoms. The second kappa shape index (κ2) is 5.06. The molecular formula is C13H10F2N4O2. The molecule has 0 saturated carbocycles. The Morgan fingerprint density at radius 3 is 2.62 bits per heavy atom. The Labute approximate surface area is 117 Å². The molecule has 2 heterocycles. The summed E-state index contributed by atoms with van der Waals surface area (Å²) in [4.78, 5) is 19.7. The van der Waals surface area contributed by atoms with Crippen LogP contribution in [-0.2, 0) is 6.54 Å². The van der Waals surface area contributed by atoms with Gasteiger partial charge in [0.1, 0.15) is 29.7 Å². The minimum atomic E-state index is -0.804. The Morgan fingerprint density at radius 2 is 1.95 bits per heavy atom. The lowest BCUT2D eigenvalue weighted by Gasteiger charge is -2.10. The van der Waals surface area contributed by atoms with Crippen molar-refractivity contribution >= 4 is 11.7 Å². The van der Waals surface area contributed by atoms with Crippen molar-refractivity contribution in [1.82, 2.24) is 15.3 Å². The molecule has 0 radical (unpaired) electrons. The number of aliphatic hydroxyl groups excluding tert-OH is 1. The van der Waals surface area contributed by atoms with E-state index in [-0.39, 0.29) is 29.3 Å². The third kappa shape index (κ3) is 2.19. The maximum absolute atomic E-state index is 13.8. The average molecular weight is 292 g/mol. The van der Waals surface area contributed by atoms with Gasteiger partial charge in [-0.05, 0) is 12.1 Å². The smallest absolute Gasteiger partial charge is 0.257 e. The van der Waals surface area contributed by atoms with Gasteiger partial charge < -0.3 is 15.7 Å². The van der Waals surface area contributed by atoms with Crippen molar-refractivity contribution < 1.29 is 18.7 Å². The largest absolute Gasteiger partial charge is 0.377 e. The Hall–Kier alpha value is -2.61. The summed E-state index contributed by atoms with van der Waals surface area (Å²) < 4.78 is 27.6. The zero-order chi connectivity index (χ0) is 15.0. The first-order valence-electron chi connectivity index (χ1n) is 6.10. The maximum Gasteiger partial charge on any atom is 0.257 e. The molecule has 0 atom stereocenters. The summed E-state index contributed by atoms with van der Waals surface area (Å²) in [6.45, 7) is -0.338. The first-order chi connectivity index (χ1) is 10.1. The molecule has 0 unspecified atom stereocenters. The number of anilines is 1. The van der Waals surface area contributed by atoms with Gasteiger partial charge in [0, 0.05) is 0 Å². The number of rotatable bonds is 3. The lowest BCUT2D eigenvalue weighted by molar-refractivity contribution is 0.0966. The Kier molecular flexibility index (Phi) is 3.22. The number of benzene rings is 1. The van der Waals surface area contributed by atoms with E-state index >= 15 is 0 Å². The lowest BCUT2D eigenvalue weighted by atomic mass is 10.1. The van der Waals surface area contributed by atoms with Gasteiger partial charge in [0.25, 0.3) is 5.91 Å². The SMILES string of the molecule is O=C1NCc2nc(-c3c(F)cccc3F)nc(NCO)c21. The summed E-state index contributed by atoms with van der Waals surface area (Å²) in [6, 6.07) is 3.43. The Morgan fingerprint density at radius 1 is 1.24 bits per heavy atom. The Bertz CT molecular complexity index is 716. The molecule has 1 aromatic heterocycles. The number of aliphatic hydroxyl groups is 1. The van der Waals surface area contributed by atoms with Crippen LogP contribution in [0.25, 0.3) is 11.4 Å². The predicted octanol–water partition coefficient (Wildman–Crippen LogP) is 1.03. The molecule has 0 saturated heterocycles. The lowest BCUT2D eigenvalue weighted by Crippen LogP contribution is -2.15. The molecule has 6 nitrogen and oxygen atoms in total. The molecule has 0 bridgehead atoms. The van der Waals surface area contributed by atoms with E-state index in [9.17, 15) is 13.6 Å². The van der Waals surface area contributed by atoms with Crippen LogP contribution in [-0.4, -0.2) is 27.7 Å². The molecule has 3 N–H and O–H groups in total. The van der Waals surface area contributed by atoms with E-state index in [1.165, 1.54) is 6.07 Å². The summed E-state index contributed by atoms with van der Waals surface area (Å²) in [6.07, 6.45) is 0. The molecular weight excluding hydrogens is 282 g/mol. The number of aromatic nitrogens is 2. The van der Waals surface area contributed by atoms with Crippen LogP contribution in [0.2, 0.25) is 0 Å².